The van der Waals surface area contributed by atoms with Crippen LogP contribution in [0.2, 0.25) is 0 Å². The van der Waals surface area contributed by atoms with Gasteiger partial charge in [0, 0.05) is 30.7 Å². The second-order valence-corrected chi connectivity index (χ2v) is 8.11. The Labute approximate surface area is 177 Å². The molecule has 1 aliphatic heterocycles. The van der Waals surface area contributed by atoms with Crippen LogP contribution in [0.25, 0.3) is 0 Å². The minimum absolute atomic E-state index is 0.00516. The van der Waals surface area contributed by atoms with Gasteiger partial charge in [-0.25, -0.2) is 4.79 Å². The van der Waals surface area contributed by atoms with Crippen molar-refractivity contribution in [2.24, 2.45) is 5.41 Å². The third-order valence-corrected chi connectivity index (χ3v) is 4.85. The Morgan fingerprint density at radius 2 is 1.77 bits per heavy atom. The third-order valence-electron chi connectivity index (χ3n) is 4.01. The van der Waals surface area contributed by atoms with E-state index in [0.29, 0.717) is 11.8 Å². The fourth-order valence-electron chi connectivity index (χ4n) is 2.32. The van der Waals surface area contributed by atoms with Crippen molar-refractivity contribution in [1.29, 1.82) is 0 Å². The predicted molar refractivity (Wildman–Crippen MR) is 104 cm³/mol. The maximum atomic E-state index is 12.6. The summed E-state index contributed by atoms with van der Waals surface area (Å²) in [4.78, 5) is 71.2. The van der Waals surface area contributed by atoms with E-state index in [9.17, 15) is 28.8 Å². The molecule has 11 nitrogen and oxygen atoms in total. The van der Waals surface area contributed by atoms with Gasteiger partial charge >= 0.3 is 17.9 Å². The van der Waals surface area contributed by atoms with Gasteiger partial charge in [0.2, 0.25) is 5.91 Å². The summed E-state index contributed by atoms with van der Waals surface area (Å²) in [6, 6.07) is 0. The Kier molecular flexibility index (Phi) is 10.3. The zero-order chi connectivity index (χ0) is 22.7. The fraction of sp³-hybridized carbons (Fsp3) is 0.667. The molecule has 0 saturated carbocycles. The lowest BCUT2D eigenvalue weighted by Crippen LogP contribution is -2.49. The summed E-state index contributed by atoms with van der Waals surface area (Å²) < 4.78 is 14.7. The molecule has 30 heavy (non-hydrogen) atoms. The van der Waals surface area contributed by atoms with E-state index in [4.69, 9.17) is 9.47 Å². The minimum atomic E-state index is -1.45. The molecule has 0 bridgehead atoms. The first-order chi connectivity index (χ1) is 14.1. The number of nitrogens with one attached hydrogen (secondary N) is 2. The highest BCUT2D eigenvalue weighted by atomic mass is 32.2. The van der Waals surface area contributed by atoms with Gasteiger partial charge in [-0.05, 0) is 0 Å². The Balaban J connectivity index is 2.85. The summed E-state index contributed by atoms with van der Waals surface area (Å²) in [5.41, 5.74) is -1.20. The number of rotatable bonds is 6. The first-order valence-corrected chi connectivity index (χ1v) is 10.2. The molecule has 0 aromatic heterocycles. The number of methoxy groups -OCH3 is 1. The van der Waals surface area contributed by atoms with Crippen molar-refractivity contribution < 1.29 is 43.0 Å². The van der Waals surface area contributed by atoms with E-state index < -0.39 is 40.4 Å². The zero-order valence-corrected chi connectivity index (χ0v) is 17.9. The summed E-state index contributed by atoms with van der Waals surface area (Å²) in [6.45, 7) is 2.89. The van der Waals surface area contributed by atoms with Crippen molar-refractivity contribution >= 4 is 46.6 Å². The molecule has 1 atom stereocenters. The van der Waals surface area contributed by atoms with Crippen molar-refractivity contribution in [1.82, 2.24) is 10.6 Å². The molecular formula is C18H26N2O9S. The van der Waals surface area contributed by atoms with Crippen LogP contribution in [0.15, 0.2) is 0 Å². The van der Waals surface area contributed by atoms with Gasteiger partial charge < -0.3 is 24.8 Å². The maximum Gasteiger partial charge on any atom is 0.386 e. The Hall–Kier alpha value is -2.63. The van der Waals surface area contributed by atoms with Crippen LogP contribution in [0.1, 0.15) is 33.1 Å². The topological polar surface area (TPSA) is 154 Å². The van der Waals surface area contributed by atoms with Crippen LogP contribution in [0.3, 0.4) is 0 Å². The average Bonchev–Trinajstić information content (AvgIpc) is 2.71. The van der Waals surface area contributed by atoms with Gasteiger partial charge in [-0.2, -0.15) is 0 Å². The van der Waals surface area contributed by atoms with Gasteiger partial charge in [-0.1, -0.05) is 25.6 Å². The normalized spacial score (nSPS) is 19.2. The lowest BCUT2D eigenvalue weighted by atomic mass is 9.86. The number of ether oxygens (including phenoxy) is 3. The van der Waals surface area contributed by atoms with Crippen LogP contribution in [0, 0.1) is 5.41 Å². The van der Waals surface area contributed by atoms with E-state index in [-0.39, 0.29) is 50.6 Å². The van der Waals surface area contributed by atoms with E-state index in [1.165, 1.54) is 21.0 Å². The molecule has 0 unspecified atom stereocenters. The number of cyclic esters (lactones) is 1. The summed E-state index contributed by atoms with van der Waals surface area (Å²) in [5.74, 6) is -3.36. The number of carbonyl (C=O) groups is 6. The van der Waals surface area contributed by atoms with Gasteiger partial charge in [0.15, 0.2) is 6.10 Å². The van der Waals surface area contributed by atoms with Crippen molar-refractivity contribution in [2.75, 3.05) is 32.6 Å². The summed E-state index contributed by atoms with van der Waals surface area (Å²) in [6.07, 6.45) is -1.83. The highest BCUT2D eigenvalue weighted by Crippen LogP contribution is 2.25. The molecule has 0 aromatic carbocycles. The summed E-state index contributed by atoms with van der Waals surface area (Å²) >= 11 is 0.662. The minimum Gasteiger partial charge on any atom is -0.469 e. The van der Waals surface area contributed by atoms with Gasteiger partial charge in [0.05, 0.1) is 20.0 Å². The second-order valence-electron chi connectivity index (χ2n) is 7.04. The second kappa shape index (κ2) is 12.2. The fourth-order valence-corrected chi connectivity index (χ4v) is 2.87. The smallest absolute Gasteiger partial charge is 0.386 e. The van der Waals surface area contributed by atoms with E-state index in [1.54, 1.807) is 0 Å². The molecule has 168 valence electrons. The SMILES string of the molecule is COC(=O)CCC(=O)OCC(C)(C)[C@H]1OC(=O)C(=O)SCCNC(=O)CCNC1=O. The van der Waals surface area contributed by atoms with E-state index in [1.807, 2.05) is 0 Å². The average molecular weight is 446 g/mol. The zero-order valence-electron chi connectivity index (χ0n) is 17.1. The highest BCUT2D eigenvalue weighted by Gasteiger charge is 2.41. The number of hydrogen-bond donors (Lipinski definition) is 2. The molecule has 0 spiro atoms. The molecule has 2 amide bonds. The van der Waals surface area contributed by atoms with Gasteiger partial charge in [0.25, 0.3) is 11.0 Å². The van der Waals surface area contributed by atoms with Crippen LogP contribution < -0.4 is 10.6 Å². The molecule has 0 radical (unpaired) electrons. The quantitative estimate of drug-likeness (QED) is 0.304. The summed E-state index contributed by atoms with van der Waals surface area (Å²) in [5, 5.41) is 4.13. The molecule has 0 aliphatic carbocycles. The largest absolute Gasteiger partial charge is 0.469 e. The number of esters is 3. The van der Waals surface area contributed by atoms with Gasteiger partial charge in [-0.3, -0.25) is 24.0 Å². The van der Waals surface area contributed by atoms with Crippen molar-refractivity contribution in [3.05, 3.63) is 0 Å². The molecule has 1 saturated heterocycles. The van der Waals surface area contributed by atoms with Crippen LogP contribution >= 0.6 is 11.8 Å². The predicted octanol–water partition coefficient (Wildman–Crippen LogP) is -0.683. The van der Waals surface area contributed by atoms with Crippen molar-refractivity contribution in [2.45, 2.75) is 39.2 Å². The standard InChI is InChI=1S/C18H26N2O9S/c1-18(2,10-28-13(23)5-4-12(22)27-3)14-15(24)20-7-6-11(21)19-8-9-30-17(26)16(25)29-14/h14H,4-10H2,1-3H3,(H,19,21)(H,20,24)/t14-/m0/s1. The van der Waals surface area contributed by atoms with E-state index in [0.717, 1.165) is 0 Å². The molecule has 1 rings (SSSR count). The molecule has 0 aromatic rings. The summed E-state index contributed by atoms with van der Waals surface area (Å²) in [7, 11) is 1.19. The molecule has 1 heterocycles. The maximum absolute atomic E-state index is 12.6. The van der Waals surface area contributed by atoms with Crippen molar-refractivity contribution in [3.8, 4) is 0 Å². The first-order valence-electron chi connectivity index (χ1n) is 9.21. The van der Waals surface area contributed by atoms with Crippen LogP contribution in [0.5, 0.6) is 0 Å². The number of carbonyl (C=O) groups excluding carboxylic acids is 6. The molecular weight excluding hydrogens is 420 g/mol. The lowest BCUT2D eigenvalue weighted by Gasteiger charge is -2.32. The van der Waals surface area contributed by atoms with Crippen LogP contribution in [-0.4, -0.2) is 73.5 Å². The Morgan fingerprint density at radius 1 is 1.10 bits per heavy atom. The first kappa shape index (κ1) is 25.4. The molecule has 1 fully saturated rings. The third kappa shape index (κ3) is 8.80. The van der Waals surface area contributed by atoms with Crippen LogP contribution in [-0.2, 0) is 43.0 Å². The Morgan fingerprint density at radius 3 is 2.43 bits per heavy atom. The van der Waals surface area contributed by atoms with Crippen LogP contribution in [0.4, 0.5) is 0 Å². The monoisotopic (exact) mass is 446 g/mol. The number of thioether (sulfide) groups is 1. The molecule has 2 N–H and O–H groups in total. The van der Waals surface area contributed by atoms with Crippen molar-refractivity contribution in [3.63, 3.8) is 0 Å². The van der Waals surface area contributed by atoms with Gasteiger partial charge in [0.1, 0.15) is 6.61 Å². The number of hydrogen-bond acceptors (Lipinski definition) is 10. The van der Waals surface area contributed by atoms with Gasteiger partial charge in [-0.15, -0.1) is 0 Å². The highest BCUT2D eigenvalue weighted by molar-refractivity contribution is 8.15. The number of amides is 2. The molecule has 1 aliphatic rings. The van der Waals surface area contributed by atoms with E-state index >= 15 is 0 Å². The lowest BCUT2D eigenvalue weighted by molar-refractivity contribution is -0.170. The Bertz CT molecular complexity index is 693. The molecule has 12 heteroatoms. The van der Waals surface area contributed by atoms with E-state index in [2.05, 4.69) is 15.4 Å².